The van der Waals surface area contributed by atoms with Gasteiger partial charge >= 0.3 is 11.9 Å². The lowest BCUT2D eigenvalue weighted by Gasteiger charge is -1.79. The largest absolute Gasteiger partial charge is 0.478 e. The number of carbonyl (C=O) groups is 2. The van der Waals surface area contributed by atoms with Crippen LogP contribution in [0.25, 0.3) is 0 Å². The molecule has 0 spiro atoms. The molecular weight excluding hydrogens is 260 g/mol. The van der Waals surface area contributed by atoms with Crippen molar-refractivity contribution in [3.8, 4) is 0 Å². The smallest absolute Gasteiger partial charge is 0.330 e. The zero-order chi connectivity index (χ0) is 13.8. The molecule has 0 bridgehead atoms. The third kappa shape index (κ3) is 17.5. The fraction of sp³-hybridized carbons (Fsp3) is 0.273. The molecule has 1 rings (SSSR count). The van der Waals surface area contributed by atoms with Gasteiger partial charge in [0.1, 0.15) is 0 Å². The Bertz CT molecular complexity index is 267. The molecule has 0 radical (unpaired) electrons. The highest BCUT2D eigenvalue weighted by Gasteiger charge is 1.90. The summed E-state index contributed by atoms with van der Waals surface area (Å²) in [6.07, 6.45) is 2.16. The number of hydrogen-bond donors (Lipinski definition) is 2. The molecule has 0 fully saturated rings. The Morgan fingerprint density at radius 2 is 1.47 bits per heavy atom. The SMILES string of the molecule is C1=CSSC1.C=C(C)C(=O)O.C=C(C)C(=O)O. The van der Waals surface area contributed by atoms with E-state index in [2.05, 4.69) is 24.6 Å². The molecule has 0 aromatic rings. The molecule has 0 saturated heterocycles. The highest BCUT2D eigenvalue weighted by molar-refractivity contribution is 8.78. The van der Waals surface area contributed by atoms with Gasteiger partial charge in [-0.25, -0.2) is 9.59 Å². The van der Waals surface area contributed by atoms with Crippen LogP contribution in [0, 0.1) is 0 Å². The molecular formula is C11H16O4S2. The third-order valence-corrected chi connectivity index (χ3v) is 3.03. The molecule has 4 nitrogen and oxygen atoms in total. The number of hydrogen-bond acceptors (Lipinski definition) is 4. The minimum absolute atomic E-state index is 0.176. The van der Waals surface area contributed by atoms with Gasteiger partial charge in [-0.3, -0.25) is 0 Å². The Morgan fingerprint density at radius 3 is 1.53 bits per heavy atom. The van der Waals surface area contributed by atoms with Crippen molar-refractivity contribution in [3.05, 3.63) is 35.8 Å². The fourth-order valence-corrected chi connectivity index (χ4v) is 1.77. The lowest BCUT2D eigenvalue weighted by atomic mass is 10.4. The second-order valence-electron chi connectivity index (χ2n) is 2.92. The summed E-state index contributed by atoms with van der Waals surface area (Å²) in [5, 5.41) is 17.9. The van der Waals surface area contributed by atoms with Crippen LogP contribution in [0.5, 0.6) is 0 Å². The van der Waals surface area contributed by atoms with E-state index in [1.54, 1.807) is 0 Å². The molecule has 0 aromatic heterocycles. The van der Waals surface area contributed by atoms with Crippen molar-refractivity contribution in [3.63, 3.8) is 0 Å². The summed E-state index contributed by atoms with van der Waals surface area (Å²) in [6.45, 7) is 9.20. The Hall–Kier alpha value is -1.14. The minimum Gasteiger partial charge on any atom is -0.478 e. The average Bonchev–Trinajstić information content (AvgIpc) is 2.75. The van der Waals surface area contributed by atoms with Gasteiger partial charge in [0.05, 0.1) is 0 Å². The van der Waals surface area contributed by atoms with Gasteiger partial charge in [0, 0.05) is 16.9 Å². The Kier molecular flexibility index (Phi) is 12.2. The van der Waals surface area contributed by atoms with Crippen molar-refractivity contribution in [2.24, 2.45) is 0 Å². The summed E-state index contributed by atoms with van der Waals surface area (Å²) in [7, 11) is 3.69. The van der Waals surface area contributed by atoms with E-state index in [0.717, 1.165) is 0 Å². The van der Waals surface area contributed by atoms with E-state index < -0.39 is 11.9 Å². The highest BCUT2D eigenvalue weighted by Crippen LogP contribution is 2.27. The molecule has 1 heterocycles. The number of rotatable bonds is 2. The molecule has 0 aromatic carbocycles. The summed E-state index contributed by atoms with van der Waals surface area (Å²) < 4.78 is 0. The summed E-state index contributed by atoms with van der Waals surface area (Å²) in [5.41, 5.74) is 0.352. The van der Waals surface area contributed by atoms with E-state index in [9.17, 15) is 9.59 Å². The van der Waals surface area contributed by atoms with Crippen LogP contribution in [0.3, 0.4) is 0 Å². The van der Waals surface area contributed by atoms with Gasteiger partial charge in [0.2, 0.25) is 0 Å². The topological polar surface area (TPSA) is 74.6 Å². The molecule has 0 amide bonds. The molecule has 0 aliphatic carbocycles. The Balaban J connectivity index is 0. The van der Waals surface area contributed by atoms with Crippen molar-refractivity contribution >= 4 is 33.5 Å². The first-order valence-electron chi connectivity index (χ1n) is 4.50. The van der Waals surface area contributed by atoms with Crippen LogP contribution in [0.1, 0.15) is 13.8 Å². The molecule has 2 N–H and O–H groups in total. The van der Waals surface area contributed by atoms with Crippen molar-refractivity contribution in [2.75, 3.05) is 5.75 Å². The van der Waals surface area contributed by atoms with Gasteiger partial charge in [-0.15, -0.1) is 0 Å². The van der Waals surface area contributed by atoms with E-state index >= 15 is 0 Å². The predicted octanol–water partition coefficient (Wildman–Crippen LogP) is 3.19. The average molecular weight is 276 g/mol. The monoisotopic (exact) mass is 276 g/mol. The van der Waals surface area contributed by atoms with Crippen molar-refractivity contribution in [1.29, 1.82) is 0 Å². The molecule has 0 unspecified atom stereocenters. The molecule has 1 aliphatic heterocycles. The minimum atomic E-state index is -0.935. The number of carboxylic acids is 2. The first-order chi connectivity index (χ1) is 7.79. The van der Waals surface area contributed by atoms with Crippen LogP contribution in [0.2, 0.25) is 0 Å². The molecule has 0 saturated carbocycles. The quantitative estimate of drug-likeness (QED) is 0.596. The molecule has 17 heavy (non-hydrogen) atoms. The Morgan fingerprint density at radius 1 is 1.12 bits per heavy atom. The van der Waals surface area contributed by atoms with Gasteiger partial charge in [-0.2, -0.15) is 0 Å². The van der Waals surface area contributed by atoms with Gasteiger partial charge in [-0.1, -0.05) is 40.8 Å². The van der Waals surface area contributed by atoms with Crippen LogP contribution >= 0.6 is 21.6 Å². The molecule has 0 atom stereocenters. The van der Waals surface area contributed by atoms with E-state index in [-0.39, 0.29) is 11.1 Å². The summed E-state index contributed by atoms with van der Waals surface area (Å²) in [5.74, 6) is -0.671. The predicted molar refractivity (Wildman–Crippen MR) is 74.1 cm³/mol. The summed E-state index contributed by atoms with van der Waals surface area (Å²) in [6, 6.07) is 0. The van der Waals surface area contributed by atoms with Crippen molar-refractivity contribution in [1.82, 2.24) is 0 Å². The second kappa shape index (κ2) is 11.3. The van der Waals surface area contributed by atoms with Crippen LogP contribution in [0.4, 0.5) is 0 Å². The van der Waals surface area contributed by atoms with E-state index in [1.165, 1.54) is 19.6 Å². The fourth-order valence-electron chi connectivity index (χ4n) is 0.196. The van der Waals surface area contributed by atoms with Gasteiger partial charge in [-0.05, 0) is 19.3 Å². The van der Waals surface area contributed by atoms with Gasteiger partial charge in [0.25, 0.3) is 0 Å². The van der Waals surface area contributed by atoms with E-state index in [4.69, 9.17) is 10.2 Å². The normalized spacial score (nSPS) is 11.4. The van der Waals surface area contributed by atoms with Crippen LogP contribution in [-0.2, 0) is 9.59 Å². The highest BCUT2D eigenvalue weighted by atomic mass is 33.1. The molecule has 1 aliphatic rings. The maximum absolute atomic E-state index is 9.60. The number of aliphatic carboxylic acids is 2. The van der Waals surface area contributed by atoms with Gasteiger partial charge in [0.15, 0.2) is 0 Å². The maximum Gasteiger partial charge on any atom is 0.330 e. The second-order valence-corrected chi connectivity index (χ2v) is 5.24. The van der Waals surface area contributed by atoms with Crippen LogP contribution in [-0.4, -0.2) is 27.9 Å². The Labute approximate surface area is 109 Å². The third-order valence-electron chi connectivity index (χ3n) is 1.11. The van der Waals surface area contributed by atoms with Crippen molar-refractivity contribution < 1.29 is 19.8 Å². The zero-order valence-corrected chi connectivity index (χ0v) is 11.4. The summed E-state index contributed by atoms with van der Waals surface area (Å²) >= 11 is 0. The summed E-state index contributed by atoms with van der Waals surface area (Å²) in [4.78, 5) is 19.2. The first-order valence-corrected chi connectivity index (χ1v) is 6.88. The molecule has 96 valence electrons. The van der Waals surface area contributed by atoms with E-state index in [1.807, 2.05) is 21.6 Å². The van der Waals surface area contributed by atoms with E-state index in [0.29, 0.717) is 0 Å². The maximum atomic E-state index is 9.60. The van der Waals surface area contributed by atoms with Crippen LogP contribution < -0.4 is 0 Å². The van der Waals surface area contributed by atoms with Crippen LogP contribution in [0.15, 0.2) is 35.8 Å². The number of carboxylic acid groups (broad SMARTS) is 2. The first kappa shape index (κ1) is 18.2. The standard InChI is InChI=1S/2C4H6O2.C3H4S2/c2*1-3(2)4(5)6;1-2-4-5-3-1/h2*1H2,2H3,(H,5,6);1-2H,3H2. The lowest BCUT2D eigenvalue weighted by Crippen LogP contribution is -1.92. The molecule has 6 heteroatoms. The van der Waals surface area contributed by atoms with Gasteiger partial charge < -0.3 is 10.2 Å². The lowest BCUT2D eigenvalue weighted by molar-refractivity contribution is -0.133. The zero-order valence-electron chi connectivity index (χ0n) is 9.80. The van der Waals surface area contributed by atoms with Crippen molar-refractivity contribution in [2.45, 2.75) is 13.8 Å².